The first-order chi connectivity index (χ1) is 14.1. The van der Waals surface area contributed by atoms with Crippen LogP contribution in [0.3, 0.4) is 0 Å². The maximum atomic E-state index is 12.3. The van der Waals surface area contributed by atoms with Gasteiger partial charge in [-0.1, -0.05) is 0 Å². The molecule has 8 heteroatoms. The van der Waals surface area contributed by atoms with Gasteiger partial charge in [0.05, 0.1) is 10.9 Å². The third-order valence-corrected chi connectivity index (χ3v) is 6.60. The Labute approximate surface area is 180 Å². The third kappa shape index (κ3) is 5.61. The zero-order valence-electron chi connectivity index (χ0n) is 17.2. The predicted molar refractivity (Wildman–Crippen MR) is 120 cm³/mol. The van der Waals surface area contributed by atoms with E-state index in [9.17, 15) is 13.2 Å². The highest BCUT2D eigenvalue weighted by Crippen LogP contribution is 2.27. The number of anilines is 1. The molecule has 30 heavy (non-hydrogen) atoms. The fourth-order valence-electron chi connectivity index (χ4n) is 3.02. The number of nitrogens with one attached hydrogen (secondary N) is 2. The van der Waals surface area contributed by atoms with Crippen LogP contribution in [0.5, 0.6) is 11.5 Å². The number of urea groups is 1. The molecule has 1 unspecified atom stereocenters. The van der Waals surface area contributed by atoms with E-state index in [0.29, 0.717) is 17.2 Å². The first-order valence-electron chi connectivity index (χ1n) is 9.34. The molecule has 1 atom stereocenters. The second kappa shape index (κ2) is 8.89. The number of ether oxygens (including phenoxy) is 1. The summed E-state index contributed by atoms with van der Waals surface area (Å²) in [6.45, 7) is 6.06. The molecule has 0 saturated heterocycles. The lowest BCUT2D eigenvalue weighted by molar-refractivity contribution is 0.249. The standard InChI is InChI=1S/C22H24N2O4S2/c1-14-13-21(16(3)29-14)15(2)23-22(25)24-17-5-7-18(8-6-17)28-19-9-11-20(12-10-19)30(4,26)27/h5-13,15H,1-4H3,(H2,23,24,25). The van der Waals surface area contributed by atoms with Crippen molar-refractivity contribution in [2.75, 3.05) is 11.6 Å². The van der Waals surface area contributed by atoms with Crippen LogP contribution in [-0.4, -0.2) is 20.7 Å². The monoisotopic (exact) mass is 444 g/mol. The third-order valence-electron chi connectivity index (χ3n) is 4.49. The number of thiophene rings is 1. The number of carbonyl (C=O) groups excluding carboxylic acids is 1. The van der Waals surface area contributed by atoms with Gasteiger partial charge >= 0.3 is 6.03 Å². The van der Waals surface area contributed by atoms with Gasteiger partial charge in [0.25, 0.3) is 0 Å². The molecule has 0 spiro atoms. The maximum absolute atomic E-state index is 12.3. The van der Waals surface area contributed by atoms with Crippen molar-refractivity contribution in [1.29, 1.82) is 0 Å². The van der Waals surface area contributed by atoms with E-state index in [-0.39, 0.29) is 17.0 Å². The number of rotatable bonds is 6. The minimum Gasteiger partial charge on any atom is -0.457 e. The van der Waals surface area contributed by atoms with E-state index in [1.54, 1.807) is 47.7 Å². The van der Waals surface area contributed by atoms with Gasteiger partial charge in [-0.25, -0.2) is 13.2 Å². The van der Waals surface area contributed by atoms with E-state index < -0.39 is 9.84 Å². The molecule has 2 aromatic carbocycles. The molecular weight excluding hydrogens is 420 g/mol. The zero-order chi connectivity index (χ0) is 21.9. The second-order valence-corrected chi connectivity index (χ2v) is 10.5. The van der Waals surface area contributed by atoms with E-state index in [1.165, 1.54) is 21.9 Å². The van der Waals surface area contributed by atoms with E-state index in [2.05, 4.69) is 30.5 Å². The highest BCUT2D eigenvalue weighted by molar-refractivity contribution is 7.90. The molecule has 0 aliphatic rings. The first kappa shape index (κ1) is 21.9. The summed E-state index contributed by atoms with van der Waals surface area (Å²) < 4.78 is 28.7. The van der Waals surface area contributed by atoms with Crippen molar-refractivity contribution in [3.8, 4) is 11.5 Å². The molecule has 0 fully saturated rings. The Morgan fingerprint density at radius 1 is 1.00 bits per heavy atom. The van der Waals surface area contributed by atoms with Crippen LogP contribution in [0.15, 0.2) is 59.5 Å². The Balaban J connectivity index is 1.57. The highest BCUT2D eigenvalue weighted by atomic mass is 32.2. The lowest BCUT2D eigenvalue weighted by Crippen LogP contribution is -2.31. The lowest BCUT2D eigenvalue weighted by Gasteiger charge is -2.15. The first-order valence-corrected chi connectivity index (χ1v) is 12.0. The SMILES string of the molecule is Cc1cc(C(C)NC(=O)Nc2ccc(Oc3ccc(S(C)(=O)=O)cc3)cc2)c(C)s1. The molecule has 0 bridgehead atoms. The molecule has 1 heterocycles. The van der Waals surface area contributed by atoms with Gasteiger partial charge in [-0.05, 0) is 80.9 Å². The molecule has 0 saturated carbocycles. The summed E-state index contributed by atoms with van der Waals surface area (Å²) in [6.07, 6.45) is 1.16. The number of aryl methyl sites for hydroxylation is 2. The minimum absolute atomic E-state index is 0.0903. The molecule has 0 aliphatic heterocycles. The summed E-state index contributed by atoms with van der Waals surface area (Å²) in [4.78, 5) is 15.0. The van der Waals surface area contributed by atoms with Crippen LogP contribution in [0.2, 0.25) is 0 Å². The topological polar surface area (TPSA) is 84.5 Å². The molecule has 6 nitrogen and oxygen atoms in total. The smallest absolute Gasteiger partial charge is 0.319 e. The van der Waals surface area contributed by atoms with Gasteiger partial charge in [-0.15, -0.1) is 11.3 Å². The fraction of sp³-hybridized carbons (Fsp3) is 0.227. The minimum atomic E-state index is -3.24. The van der Waals surface area contributed by atoms with Crippen molar-refractivity contribution >= 4 is 32.9 Å². The van der Waals surface area contributed by atoms with Crippen molar-refractivity contribution < 1.29 is 17.9 Å². The van der Waals surface area contributed by atoms with Crippen molar-refractivity contribution in [2.24, 2.45) is 0 Å². The lowest BCUT2D eigenvalue weighted by atomic mass is 10.1. The summed E-state index contributed by atoms with van der Waals surface area (Å²) in [7, 11) is -3.24. The summed E-state index contributed by atoms with van der Waals surface area (Å²) >= 11 is 1.72. The number of hydrogen-bond acceptors (Lipinski definition) is 5. The number of carbonyl (C=O) groups is 1. The average Bonchev–Trinajstić information content (AvgIpc) is 3.01. The van der Waals surface area contributed by atoms with Crippen LogP contribution in [0.25, 0.3) is 0 Å². The van der Waals surface area contributed by atoms with Crippen LogP contribution in [0.4, 0.5) is 10.5 Å². The summed E-state index contributed by atoms with van der Waals surface area (Å²) in [5, 5.41) is 5.76. The Morgan fingerprint density at radius 3 is 2.07 bits per heavy atom. The Hall–Kier alpha value is -2.84. The number of hydrogen-bond donors (Lipinski definition) is 2. The van der Waals surface area contributed by atoms with Crippen LogP contribution in [0.1, 0.15) is 28.3 Å². The number of amides is 2. The van der Waals surface area contributed by atoms with E-state index in [4.69, 9.17) is 4.74 Å². The van der Waals surface area contributed by atoms with Gasteiger partial charge in [-0.2, -0.15) is 0 Å². The fourth-order valence-corrected chi connectivity index (χ4v) is 4.67. The van der Waals surface area contributed by atoms with E-state index in [1.807, 2.05) is 6.92 Å². The largest absolute Gasteiger partial charge is 0.457 e. The number of sulfone groups is 1. The Morgan fingerprint density at radius 2 is 1.57 bits per heavy atom. The maximum Gasteiger partial charge on any atom is 0.319 e. The second-order valence-electron chi connectivity index (χ2n) is 7.06. The molecule has 3 aromatic rings. The van der Waals surface area contributed by atoms with E-state index >= 15 is 0 Å². The number of benzene rings is 2. The van der Waals surface area contributed by atoms with Crippen molar-refractivity contribution in [3.05, 3.63) is 69.9 Å². The van der Waals surface area contributed by atoms with E-state index in [0.717, 1.165) is 11.8 Å². The van der Waals surface area contributed by atoms with Crippen LogP contribution >= 0.6 is 11.3 Å². The van der Waals surface area contributed by atoms with Crippen LogP contribution in [-0.2, 0) is 9.84 Å². The van der Waals surface area contributed by atoms with Gasteiger partial charge in [0, 0.05) is 21.7 Å². The Kier molecular flexibility index (Phi) is 6.48. The van der Waals surface area contributed by atoms with Crippen molar-refractivity contribution in [1.82, 2.24) is 5.32 Å². The molecule has 0 radical (unpaired) electrons. The summed E-state index contributed by atoms with van der Waals surface area (Å²) in [5.74, 6) is 1.10. The summed E-state index contributed by atoms with van der Waals surface area (Å²) in [6, 6.07) is 14.9. The molecule has 3 rings (SSSR count). The molecule has 158 valence electrons. The molecule has 1 aromatic heterocycles. The zero-order valence-corrected chi connectivity index (χ0v) is 18.9. The summed E-state index contributed by atoms with van der Waals surface area (Å²) in [5.41, 5.74) is 1.76. The Bertz CT molecular complexity index is 1130. The van der Waals surface area contributed by atoms with Crippen LogP contribution < -0.4 is 15.4 Å². The highest BCUT2D eigenvalue weighted by Gasteiger charge is 2.14. The molecular formula is C22H24N2O4S2. The van der Waals surface area contributed by atoms with Crippen molar-refractivity contribution in [3.63, 3.8) is 0 Å². The van der Waals surface area contributed by atoms with Gasteiger partial charge in [0.1, 0.15) is 11.5 Å². The molecule has 2 amide bonds. The molecule has 0 aliphatic carbocycles. The van der Waals surface area contributed by atoms with Crippen molar-refractivity contribution in [2.45, 2.75) is 31.7 Å². The molecule has 2 N–H and O–H groups in total. The van der Waals surface area contributed by atoms with Crippen LogP contribution in [0, 0.1) is 13.8 Å². The normalized spacial score (nSPS) is 12.3. The van der Waals surface area contributed by atoms with Gasteiger partial charge in [0.2, 0.25) is 0 Å². The predicted octanol–water partition coefficient (Wildman–Crippen LogP) is 5.44. The average molecular weight is 445 g/mol. The quantitative estimate of drug-likeness (QED) is 0.530. The van der Waals surface area contributed by atoms with Gasteiger partial charge in [0.15, 0.2) is 9.84 Å². The van der Waals surface area contributed by atoms with Gasteiger partial charge in [-0.3, -0.25) is 0 Å². The van der Waals surface area contributed by atoms with Gasteiger partial charge < -0.3 is 15.4 Å².